The molecule has 0 aliphatic rings. The summed E-state index contributed by atoms with van der Waals surface area (Å²) < 4.78 is 5.09. The molecule has 0 spiro atoms. The molecule has 0 saturated heterocycles. The zero-order chi connectivity index (χ0) is 19.0. The van der Waals surface area contributed by atoms with Crippen LogP contribution in [-0.2, 0) is 9.53 Å². The third-order valence-electron chi connectivity index (χ3n) is 3.73. The normalized spacial score (nSPS) is 13.4. The Labute approximate surface area is 155 Å². The van der Waals surface area contributed by atoms with Gasteiger partial charge in [0.1, 0.15) is 6.04 Å². The molecule has 0 heterocycles. The third-order valence-corrected chi connectivity index (χ3v) is 3.98. The number of carbonyl (C=O) groups excluding carboxylic acids is 2. The van der Waals surface area contributed by atoms with Gasteiger partial charge in [0.05, 0.1) is 12.1 Å². The van der Waals surface area contributed by atoms with Crippen LogP contribution >= 0.6 is 11.6 Å². The van der Waals surface area contributed by atoms with Gasteiger partial charge in [-0.25, -0.2) is 4.79 Å². The van der Waals surface area contributed by atoms with E-state index < -0.39 is 12.1 Å². The molecule has 140 valence electrons. The molecule has 2 atom stereocenters. The Morgan fingerprint density at radius 3 is 2.16 bits per heavy atom. The van der Waals surface area contributed by atoms with Gasteiger partial charge in [-0.1, -0.05) is 50.9 Å². The molecule has 2 amide bonds. The second kappa shape index (κ2) is 10.3. The van der Waals surface area contributed by atoms with Crippen LogP contribution in [0.25, 0.3) is 0 Å². The zero-order valence-corrected chi connectivity index (χ0v) is 16.4. The molecule has 0 bridgehead atoms. The zero-order valence-electron chi connectivity index (χ0n) is 15.6. The molecule has 1 aromatic carbocycles. The van der Waals surface area contributed by atoms with Crippen molar-refractivity contribution in [2.75, 3.05) is 0 Å². The van der Waals surface area contributed by atoms with Gasteiger partial charge in [0.25, 0.3) is 0 Å². The number of rotatable bonds is 8. The van der Waals surface area contributed by atoms with E-state index in [1.54, 1.807) is 13.8 Å². The van der Waals surface area contributed by atoms with Gasteiger partial charge < -0.3 is 15.4 Å². The predicted molar refractivity (Wildman–Crippen MR) is 101 cm³/mol. The molecule has 1 rings (SSSR count). The number of benzene rings is 1. The van der Waals surface area contributed by atoms with E-state index >= 15 is 0 Å². The quantitative estimate of drug-likeness (QED) is 0.712. The van der Waals surface area contributed by atoms with Crippen molar-refractivity contribution in [1.29, 1.82) is 0 Å². The highest BCUT2D eigenvalue weighted by atomic mass is 35.5. The van der Waals surface area contributed by atoms with Crippen molar-refractivity contribution in [3.63, 3.8) is 0 Å². The molecule has 6 heteroatoms. The van der Waals surface area contributed by atoms with Gasteiger partial charge in [0, 0.05) is 5.02 Å². The fourth-order valence-corrected chi connectivity index (χ4v) is 2.60. The van der Waals surface area contributed by atoms with Crippen molar-refractivity contribution in [3.8, 4) is 0 Å². The Morgan fingerprint density at radius 2 is 1.68 bits per heavy atom. The first-order valence-corrected chi connectivity index (χ1v) is 9.15. The molecule has 2 unspecified atom stereocenters. The summed E-state index contributed by atoms with van der Waals surface area (Å²) in [6.45, 7) is 9.37. The van der Waals surface area contributed by atoms with Crippen LogP contribution in [0, 0.1) is 5.92 Å². The number of nitrogens with one attached hydrogen (secondary N) is 2. The van der Waals surface area contributed by atoms with Crippen LogP contribution in [0.3, 0.4) is 0 Å². The Kier molecular flexibility index (Phi) is 8.76. The number of amides is 2. The van der Waals surface area contributed by atoms with Crippen molar-refractivity contribution >= 4 is 23.6 Å². The average Bonchev–Trinajstić information content (AvgIpc) is 2.52. The Balaban J connectivity index is 2.84. The minimum absolute atomic E-state index is 0.0628. The number of hydrogen-bond donors (Lipinski definition) is 2. The lowest BCUT2D eigenvalue weighted by Crippen LogP contribution is -2.50. The van der Waals surface area contributed by atoms with Crippen LogP contribution < -0.4 is 10.6 Å². The number of halogens is 1. The minimum Gasteiger partial charge on any atom is -0.447 e. The monoisotopic (exact) mass is 368 g/mol. The van der Waals surface area contributed by atoms with Crippen molar-refractivity contribution in [2.24, 2.45) is 5.92 Å². The first-order valence-electron chi connectivity index (χ1n) is 8.77. The van der Waals surface area contributed by atoms with Gasteiger partial charge in [-0.3, -0.25) is 4.79 Å². The Bertz CT molecular complexity index is 558. The topological polar surface area (TPSA) is 67.4 Å². The molecule has 25 heavy (non-hydrogen) atoms. The summed E-state index contributed by atoms with van der Waals surface area (Å²) in [6.07, 6.45) is 0.900. The second-order valence-corrected chi connectivity index (χ2v) is 7.16. The summed E-state index contributed by atoms with van der Waals surface area (Å²) in [5.41, 5.74) is 0.992. The van der Waals surface area contributed by atoms with Crippen molar-refractivity contribution in [1.82, 2.24) is 10.6 Å². The molecule has 2 N–H and O–H groups in total. The lowest BCUT2D eigenvalue weighted by Gasteiger charge is -2.26. The number of alkyl carbamates (subject to hydrolysis) is 1. The number of hydrogen-bond acceptors (Lipinski definition) is 3. The summed E-state index contributed by atoms with van der Waals surface area (Å²) in [5, 5.41) is 6.36. The van der Waals surface area contributed by atoms with Gasteiger partial charge in [-0.05, 0) is 43.9 Å². The molecular formula is C19H29ClN2O3. The maximum absolute atomic E-state index is 12.7. The molecule has 0 fully saturated rings. The van der Waals surface area contributed by atoms with Gasteiger partial charge >= 0.3 is 6.09 Å². The van der Waals surface area contributed by atoms with E-state index in [2.05, 4.69) is 17.6 Å². The van der Waals surface area contributed by atoms with E-state index in [1.165, 1.54) is 0 Å². The Morgan fingerprint density at radius 1 is 1.08 bits per heavy atom. The fourth-order valence-electron chi connectivity index (χ4n) is 2.48. The maximum atomic E-state index is 12.7. The van der Waals surface area contributed by atoms with Gasteiger partial charge in [0.2, 0.25) is 5.91 Å². The van der Waals surface area contributed by atoms with Gasteiger partial charge in [-0.2, -0.15) is 0 Å². The van der Waals surface area contributed by atoms with Crippen LogP contribution in [0.1, 0.15) is 59.1 Å². The second-order valence-electron chi connectivity index (χ2n) is 6.72. The highest BCUT2D eigenvalue weighted by Crippen LogP contribution is 2.21. The SMILES string of the molecule is CCCC(NC(=O)C(NC(=O)OC(C)C)C(C)C)c1ccc(Cl)cc1. The maximum Gasteiger partial charge on any atom is 0.408 e. The molecule has 0 aromatic heterocycles. The van der Waals surface area contributed by atoms with Crippen molar-refractivity contribution in [3.05, 3.63) is 34.9 Å². The van der Waals surface area contributed by atoms with E-state index in [9.17, 15) is 9.59 Å². The lowest BCUT2D eigenvalue weighted by molar-refractivity contribution is -0.124. The highest BCUT2D eigenvalue weighted by molar-refractivity contribution is 6.30. The van der Waals surface area contributed by atoms with E-state index in [0.29, 0.717) is 5.02 Å². The number of carbonyl (C=O) groups is 2. The van der Waals surface area contributed by atoms with Gasteiger partial charge in [-0.15, -0.1) is 0 Å². The van der Waals surface area contributed by atoms with E-state index in [4.69, 9.17) is 16.3 Å². The van der Waals surface area contributed by atoms with E-state index in [1.807, 2.05) is 38.1 Å². The molecule has 0 saturated carbocycles. The summed E-state index contributed by atoms with van der Waals surface area (Å²) in [7, 11) is 0. The van der Waals surface area contributed by atoms with Crippen LogP contribution in [-0.4, -0.2) is 24.1 Å². The largest absolute Gasteiger partial charge is 0.447 e. The molecule has 0 aliphatic heterocycles. The smallest absolute Gasteiger partial charge is 0.408 e. The van der Waals surface area contributed by atoms with E-state index in [-0.39, 0.29) is 24.0 Å². The Hall–Kier alpha value is -1.75. The molecule has 0 aliphatic carbocycles. The number of ether oxygens (including phenoxy) is 1. The highest BCUT2D eigenvalue weighted by Gasteiger charge is 2.27. The summed E-state index contributed by atoms with van der Waals surface area (Å²) in [5.74, 6) is -0.281. The van der Waals surface area contributed by atoms with E-state index in [0.717, 1.165) is 18.4 Å². The minimum atomic E-state index is -0.655. The molecule has 0 radical (unpaired) electrons. The standard InChI is InChI=1S/C19H29ClN2O3/c1-6-7-16(14-8-10-15(20)11-9-14)21-18(23)17(12(2)3)22-19(24)25-13(4)5/h8-13,16-17H,6-7H2,1-5H3,(H,21,23)(H,22,24). The lowest BCUT2D eigenvalue weighted by atomic mass is 9.99. The predicted octanol–water partition coefficient (Wildman–Crippen LogP) is 4.46. The van der Waals surface area contributed by atoms with Crippen LogP contribution in [0.5, 0.6) is 0 Å². The third kappa shape index (κ3) is 7.34. The summed E-state index contributed by atoms with van der Waals surface area (Å²) in [6, 6.07) is 6.66. The van der Waals surface area contributed by atoms with Crippen molar-refractivity contribution < 1.29 is 14.3 Å². The molecule has 5 nitrogen and oxygen atoms in total. The first-order chi connectivity index (χ1) is 11.7. The van der Waals surface area contributed by atoms with Crippen LogP contribution in [0.15, 0.2) is 24.3 Å². The fraction of sp³-hybridized carbons (Fsp3) is 0.579. The van der Waals surface area contributed by atoms with Gasteiger partial charge in [0.15, 0.2) is 0 Å². The van der Waals surface area contributed by atoms with Crippen LogP contribution in [0.2, 0.25) is 5.02 Å². The molecule has 1 aromatic rings. The first kappa shape index (κ1) is 21.3. The summed E-state index contributed by atoms with van der Waals surface area (Å²) >= 11 is 5.94. The average molecular weight is 369 g/mol. The summed E-state index contributed by atoms with van der Waals surface area (Å²) in [4.78, 5) is 24.6. The van der Waals surface area contributed by atoms with Crippen molar-refractivity contribution in [2.45, 2.75) is 65.6 Å². The molecular weight excluding hydrogens is 340 g/mol. The van der Waals surface area contributed by atoms with Crippen LogP contribution in [0.4, 0.5) is 4.79 Å².